The van der Waals surface area contributed by atoms with E-state index < -0.39 is 0 Å². The van der Waals surface area contributed by atoms with Gasteiger partial charge in [-0.2, -0.15) is 0 Å². The van der Waals surface area contributed by atoms with Crippen LogP contribution in [0.15, 0.2) is 48.5 Å². The van der Waals surface area contributed by atoms with Gasteiger partial charge in [-0.25, -0.2) is 0 Å². The number of benzene rings is 2. The highest BCUT2D eigenvalue weighted by molar-refractivity contribution is 6.08. The Morgan fingerprint density at radius 2 is 1.86 bits per heavy atom. The van der Waals surface area contributed by atoms with Crippen LogP contribution in [0.4, 0.5) is 0 Å². The Morgan fingerprint density at radius 1 is 1.05 bits per heavy atom. The zero-order chi connectivity index (χ0) is 15.2. The van der Waals surface area contributed by atoms with Crippen molar-refractivity contribution in [2.45, 2.75) is 6.92 Å². The van der Waals surface area contributed by atoms with Crippen molar-refractivity contribution in [3.8, 4) is 11.5 Å². The molecule has 2 rings (SSSR count). The maximum atomic E-state index is 12.3. The average molecular weight is 282 g/mol. The van der Waals surface area contributed by atoms with Gasteiger partial charge in [0.05, 0.1) is 19.8 Å². The largest absolute Gasteiger partial charge is 0.497 e. The van der Waals surface area contributed by atoms with Gasteiger partial charge >= 0.3 is 0 Å². The molecule has 0 aliphatic rings. The van der Waals surface area contributed by atoms with E-state index in [4.69, 9.17) is 9.47 Å². The number of methoxy groups -OCH3 is 2. The van der Waals surface area contributed by atoms with Crippen molar-refractivity contribution < 1.29 is 14.3 Å². The molecule has 0 atom stereocenters. The van der Waals surface area contributed by atoms with E-state index >= 15 is 0 Å². The van der Waals surface area contributed by atoms with E-state index in [1.165, 1.54) is 7.11 Å². The lowest BCUT2D eigenvalue weighted by atomic mass is 10.1. The quantitative estimate of drug-likeness (QED) is 0.616. The number of hydrogen-bond donors (Lipinski definition) is 0. The summed E-state index contributed by atoms with van der Waals surface area (Å²) >= 11 is 0. The standard InChI is InChI=1S/C18H18O3/c1-13-5-4-6-14(11-13)7-10-17(19)16-9-8-15(20-2)12-18(16)21-3/h4-12H,1-3H3/b10-7+. The van der Waals surface area contributed by atoms with E-state index in [2.05, 4.69) is 0 Å². The fourth-order valence-corrected chi connectivity index (χ4v) is 2.04. The van der Waals surface area contributed by atoms with E-state index in [-0.39, 0.29) is 5.78 Å². The molecule has 0 aliphatic carbocycles. The second-order valence-electron chi connectivity index (χ2n) is 4.68. The van der Waals surface area contributed by atoms with Crippen molar-refractivity contribution >= 4 is 11.9 Å². The van der Waals surface area contributed by atoms with Gasteiger partial charge in [-0.05, 0) is 30.7 Å². The van der Waals surface area contributed by atoms with Crippen LogP contribution in [0.2, 0.25) is 0 Å². The fourth-order valence-electron chi connectivity index (χ4n) is 2.04. The number of carbonyl (C=O) groups excluding carboxylic acids is 1. The Hall–Kier alpha value is -2.55. The molecule has 2 aromatic rings. The summed E-state index contributed by atoms with van der Waals surface area (Å²) in [7, 11) is 3.11. The predicted molar refractivity (Wildman–Crippen MR) is 84.1 cm³/mol. The fraction of sp³-hybridized carbons (Fsp3) is 0.167. The molecule has 0 saturated carbocycles. The average Bonchev–Trinajstić information content (AvgIpc) is 2.52. The molecule has 0 aliphatic heterocycles. The van der Waals surface area contributed by atoms with E-state index in [0.717, 1.165) is 11.1 Å². The van der Waals surface area contributed by atoms with Crippen molar-refractivity contribution in [2.75, 3.05) is 14.2 Å². The van der Waals surface area contributed by atoms with E-state index in [0.29, 0.717) is 17.1 Å². The predicted octanol–water partition coefficient (Wildman–Crippen LogP) is 3.91. The molecule has 0 amide bonds. The topological polar surface area (TPSA) is 35.5 Å². The molecule has 0 aromatic heterocycles. The third kappa shape index (κ3) is 3.72. The second-order valence-corrected chi connectivity index (χ2v) is 4.68. The van der Waals surface area contributed by atoms with Gasteiger partial charge in [0, 0.05) is 6.07 Å². The first kappa shape index (κ1) is 14.9. The summed E-state index contributed by atoms with van der Waals surface area (Å²) in [5.41, 5.74) is 2.67. The Morgan fingerprint density at radius 3 is 2.52 bits per heavy atom. The summed E-state index contributed by atoms with van der Waals surface area (Å²) in [4.78, 5) is 12.3. The van der Waals surface area contributed by atoms with Crippen LogP contribution in [-0.2, 0) is 0 Å². The molecule has 0 bridgehead atoms. The molecule has 0 fully saturated rings. The molecule has 0 heterocycles. The molecule has 21 heavy (non-hydrogen) atoms. The van der Waals surface area contributed by atoms with Crippen LogP contribution in [0, 0.1) is 6.92 Å². The van der Waals surface area contributed by atoms with Crippen molar-refractivity contribution in [2.24, 2.45) is 0 Å². The highest BCUT2D eigenvalue weighted by atomic mass is 16.5. The third-order valence-electron chi connectivity index (χ3n) is 3.14. The van der Waals surface area contributed by atoms with Crippen LogP contribution in [-0.4, -0.2) is 20.0 Å². The SMILES string of the molecule is COc1ccc(C(=O)/C=C/c2cccc(C)c2)c(OC)c1. The summed E-state index contributed by atoms with van der Waals surface area (Å²) in [6.07, 6.45) is 3.36. The van der Waals surface area contributed by atoms with Crippen LogP contribution in [0.5, 0.6) is 11.5 Å². The number of hydrogen-bond acceptors (Lipinski definition) is 3. The van der Waals surface area contributed by atoms with Gasteiger partial charge in [0.1, 0.15) is 11.5 Å². The summed E-state index contributed by atoms with van der Waals surface area (Å²) < 4.78 is 10.4. The first-order valence-corrected chi connectivity index (χ1v) is 6.65. The smallest absolute Gasteiger partial charge is 0.189 e. The molecular formula is C18H18O3. The first-order chi connectivity index (χ1) is 10.1. The van der Waals surface area contributed by atoms with Crippen molar-refractivity contribution in [1.82, 2.24) is 0 Å². The van der Waals surface area contributed by atoms with Gasteiger partial charge in [0.2, 0.25) is 0 Å². The number of ketones is 1. The van der Waals surface area contributed by atoms with Crippen LogP contribution in [0.3, 0.4) is 0 Å². The van der Waals surface area contributed by atoms with E-state index in [9.17, 15) is 4.79 Å². The highest BCUT2D eigenvalue weighted by Crippen LogP contribution is 2.25. The molecule has 0 saturated heterocycles. The van der Waals surface area contributed by atoms with E-state index in [1.54, 1.807) is 37.5 Å². The number of allylic oxidation sites excluding steroid dienone is 1. The lowest BCUT2D eigenvalue weighted by Gasteiger charge is -2.07. The van der Waals surface area contributed by atoms with Gasteiger partial charge in [-0.15, -0.1) is 0 Å². The Labute approximate surface area is 124 Å². The van der Waals surface area contributed by atoms with Crippen molar-refractivity contribution in [1.29, 1.82) is 0 Å². The molecule has 3 nitrogen and oxygen atoms in total. The number of carbonyl (C=O) groups is 1. The van der Waals surface area contributed by atoms with Crippen molar-refractivity contribution in [3.63, 3.8) is 0 Å². The molecule has 108 valence electrons. The molecule has 2 aromatic carbocycles. The van der Waals surface area contributed by atoms with Crippen molar-refractivity contribution in [3.05, 3.63) is 65.2 Å². The molecule has 0 radical (unpaired) electrons. The maximum absolute atomic E-state index is 12.3. The van der Waals surface area contributed by atoms with Gasteiger partial charge in [-0.3, -0.25) is 4.79 Å². The highest BCUT2D eigenvalue weighted by Gasteiger charge is 2.10. The van der Waals surface area contributed by atoms with Crippen LogP contribution >= 0.6 is 0 Å². The molecular weight excluding hydrogens is 264 g/mol. The van der Waals surface area contributed by atoms with E-state index in [1.807, 2.05) is 31.2 Å². The third-order valence-corrected chi connectivity index (χ3v) is 3.14. The zero-order valence-corrected chi connectivity index (χ0v) is 12.4. The number of rotatable bonds is 5. The monoisotopic (exact) mass is 282 g/mol. The number of ether oxygens (including phenoxy) is 2. The van der Waals surface area contributed by atoms with Crippen LogP contribution in [0.25, 0.3) is 6.08 Å². The molecule has 0 unspecified atom stereocenters. The van der Waals surface area contributed by atoms with Crippen LogP contribution < -0.4 is 9.47 Å². The Balaban J connectivity index is 2.24. The summed E-state index contributed by atoms with van der Waals surface area (Å²) in [5, 5.41) is 0. The molecule has 3 heteroatoms. The minimum atomic E-state index is -0.101. The summed E-state index contributed by atoms with van der Waals surface area (Å²) in [6, 6.07) is 13.1. The van der Waals surface area contributed by atoms with Gasteiger partial charge < -0.3 is 9.47 Å². The Bertz CT molecular complexity index is 672. The normalized spacial score (nSPS) is 10.6. The van der Waals surface area contributed by atoms with Crippen LogP contribution in [0.1, 0.15) is 21.5 Å². The molecule has 0 spiro atoms. The lowest BCUT2D eigenvalue weighted by molar-refractivity contribution is 0.104. The lowest BCUT2D eigenvalue weighted by Crippen LogP contribution is -1.99. The minimum Gasteiger partial charge on any atom is -0.497 e. The maximum Gasteiger partial charge on any atom is 0.189 e. The number of aryl methyl sites for hydroxylation is 1. The van der Waals surface area contributed by atoms with Gasteiger partial charge in [0.15, 0.2) is 5.78 Å². The summed E-state index contributed by atoms with van der Waals surface area (Å²) in [6.45, 7) is 2.02. The molecule has 0 N–H and O–H groups in total. The zero-order valence-electron chi connectivity index (χ0n) is 12.4. The van der Waals surface area contributed by atoms with Gasteiger partial charge in [0.25, 0.3) is 0 Å². The van der Waals surface area contributed by atoms with Gasteiger partial charge in [-0.1, -0.05) is 35.9 Å². The summed E-state index contributed by atoms with van der Waals surface area (Å²) in [5.74, 6) is 1.07. The first-order valence-electron chi connectivity index (χ1n) is 6.65. The second kappa shape index (κ2) is 6.75. The minimum absolute atomic E-state index is 0.101. The Kier molecular flexibility index (Phi) is 4.77.